The fourth-order valence-electron chi connectivity index (χ4n) is 4.23. The van der Waals surface area contributed by atoms with Crippen LogP contribution >= 0.6 is 23.4 Å². The first-order valence-electron chi connectivity index (χ1n) is 11.9. The van der Waals surface area contributed by atoms with E-state index in [1.165, 1.54) is 11.8 Å². The summed E-state index contributed by atoms with van der Waals surface area (Å²) in [6.45, 7) is 4.95. The van der Waals surface area contributed by atoms with Crippen molar-refractivity contribution < 1.29 is 9.53 Å². The summed E-state index contributed by atoms with van der Waals surface area (Å²) in [5.41, 5.74) is 3.33. The van der Waals surface area contributed by atoms with Gasteiger partial charge in [0, 0.05) is 22.6 Å². The van der Waals surface area contributed by atoms with Crippen molar-refractivity contribution in [3.05, 3.63) is 98.4 Å². The van der Waals surface area contributed by atoms with Crippen molar-refractivity contribution in [1.82, 2.24) is 14.5 Å². The normalized spacial score (nSPS) is 17.2. The standard InChI is InChI=1S/C28H26ClN3O3S/c1-3-28(2)14-23-20(16-35-28)13-22-25(30-23)31-27(32(26(22)34)15-18-7-5-4-6-8-18)36-17-24(33)19-9-11-21(29)12-10-19/h4-13H,3,14-17H2,1-2H3/t28-/m1/s1. The molecule has 3 heterocycles. The molecular weight excluding hydrogens is 494 g/mol. The van der Waals surface area contributed by atoms with E-state index in [1.807, 2.05) is 36.4 Å². The lowest BCUT2D eigenvalue weighted by Gasteiger charge is -2.33. The number of ketones is 1. The number of hydrogen-bond acceptors (Lipinski definition) is 6. The van der Waals surface area contributed by atoms with Crippen LogP contribution in [-0.4, -0.2) is 31.7 Å². The molecule has 0 amide bonds. The van der Waals surface area contributed by atoms with Gasteiger partial charge in [-0.25, -0.2) is 9.97 Å². The fraction of sp³-hybridized carbons (Fsp3) is 0.286. The summed E-state index contributed by atoms with van der Waals surface area (Å²) >= 11 is 7.21. The summed E-state index contributed by atoms with van der Waals surface area (Å²) in [6, 6.07) is 18.4. The highest BCUT2D eigenvalue weighted by atomic mass is 35.5. The number of hydrogen-bond donors (Lipinski definition) is 0. The van der Waals surface area contributed by atoms with Gasteiger partial charge in [-0.05, 0) is 49.2 Å². The lowest BCUT2D eigenvalue weighted by Crippen LogP contribution is -2.35. The number of thioether (sulfide) groups is 1. The molecule has 36 heavy (non-hydrogen) atoms. The Hall–Kier alpha value is -3.00. The van der Waals surface area contributed by atoms with Crippen LogP contribution in [0.3, 0.4) is 0 Å². The number of fused-ring (bicyclic) bond motifs is 2. The van der Waals surface area contributed by atoms with Crippen LogP contribution in [0.1, 0.15) is 47.4 Å². The summed E-state index contributed by atoms with van der Waals surface area (Å²) in [4.78, 5) is 36.1. The largest absolute Gasteiger partial charge is 0.370 e. The molecule has 0 radical (unpaired) electrons. The average Bonchev–Trinajstić information content (AvgIpc) is 2.89. The number of rotatable bonds is 7. The number of nitrogens with zero attached hydrogens (tertiary/aromatic N) is 3. The molecule has 0 fully saturated rings. The van der Waals surface area contributed by atoms with Gasteiger partial charge in [-0.1, -0.05) is 60.6 Å². The van der Waals surface area contributed by atoms with Crippen LogP contribution < -0.4 is 5.56 Å². The van der Waals surface area contributed by atoms with Crippen LogP contribution in [0.4, 0.5) is 0 Å². The minimum absolute atomic E-state index is 0.0634. The molecule has 0 aliphatic carbocycles. The van der Waals surface area contributed by atoms with Crippen LogP contribution in [0.2, 0.25) is 5.02 Å². The van der Waals surface area contributed by atoms with Gasteiger partial charge in [0.2, 0.25) is 0 Å². The molecule has 0 saturated carbocycles. The van der Waals surface area contributed by atoms with Gasteiger partial charge in [-0.3, -0.25) is 14.2 Å². The topological polar surface area (TPSA) is 74.1 Å². The van der Waals surface area contributed by atoms with Crippen LogP contribution in [0, 0.1) is 0 Å². The molecule has 4 aromatic rings. The van der Waals surface area contributed by atoms with E-state index in [4.69, 9.17) is 26.3 Å². The van der Waals surface area contributed by atoms with Crippen molar-refractivity contribution in [2.75, 3.05) is 5.75 Å². The van der Waals surface area contributed by atoms with Gasteiger partial charge in [0.15, 0.2) is 16.6 Å². The smallest absolute Gasteiger partial charge is 0.264 e. The second-order valence-corrected chi connectivity index (χ2v) is 10.6. The van der Waals surface area contributed by atoms with E-state index in [2.05, 4.69) is 13.8 Å². The Morgan fingerprint density at radius 3 is 2.61 bits per heavy atom. The third-order valence-corrected chi connectivity index (χ3v) is 7.85. The number of benzene rings is 2. The van der Waals surface area contributed by atoms with E-state index in [-0.39, 0.29) is 22.7 Å². The third kappa shape index (κ3) is 5.09. The second-order valence-electron chi connectivity index (χ2n) is 9.22. The highest BCUT2D eigenvalue weighted by Gasteiger charge is 2.31. The molecule has 0 unspecified atom stereocenters. The molecule has 2 aromatic carbocycles. The molecule has 2 aromatic heterocycles. The fourth-order valence-corrected chi connectivity index (χ4v) is 5.24. The van der Waals surface area contributed by atoms with Gasteiger partial charge in [0.05, 0.1) is 35.6 Å². The second kappa shape index (κ2) is 10.2. The van der Waals surface area contributed by atoms with E-state index in [0.717, 1.165) is 23.2 Å². The molecule has 8 heteroatoms. The lowest BCUT2D eigenvalue weighted by molar-refractivity contribution is -0.0573. The number of carbonyl (C=O) groups is 1. The Labute approximate surface area is 218 Å². The minimum Gasteiger partial charge on any atom is -0.370 e. The minimum atomic E-state index is -0.279. The molecule has 0 N–H and O–H groups in total. The molecule has 1 aliphatic rings. The summed E-state index contributed by atoms with van der Waals surface area (Å²) in [6.07, 6.45) is 1.53. The van der Waals surface area contributed by atoms with Crippen molar-refractivity contribution in [2.24, 2.45) is 0 Å². The summed E-state index contributed by atoms with van der Waals surface area (Å²) < 4.78 is 7.71. The van der Waals surface area contributed by atoms with E-state index in [1.54, 1.807) is 28.8 Å². The van der Waals surface area contributed by atoms with Gasteiger partial charge in [0.25, 0.3) is 5.56 Å². The zero-order valence-corrected chi connectivity index (χ0v) is 21.7. The molecule has 0 saturated heterocycles. The van der Waals surface area contributed by atoms with Crippen LogP contribution in [0.15, 0.2) is 70.6 Å². The van der Waals surface area contributed by atoms with E-state index >= 15 is 0 Å². The Bertz CT molecular complexity index is 1490. The van der Waals surface area contributed by atoms with E-state index in [9.17, 15) is 9.59 Å². The van der Waals surface area contributed by atoms with Crippen LogP contribution in [0.5, 0.6) is 0 Å². The first-order chi connectivity index (χ1) is 17.3. The Kier molecular flexibility index (Phi) is 6.97. The third-order valence-electron chi connectivity index (χ3n) is 6.63. The predicted molar refractivity (Wildman–Crippen MR) is 143 cm³/mol. The number of Topliss-reactive ketones (excluding diaryl/α,β-unsaturated/α-hetero) is 1. The molecule has 1 atom stereocenters. The highest BCUT2D eigenvalue weighted by molar-refractivity contribution is 7.99. The van der Waals surface area contributed by atoms with E-state index < -0.39 is 0 Å². The predicted octanol–water partition coefficient (Wildman–Crippen LogP) is 5.71. The maximum Gasteiger partial charge on any atom is 0.264 e. The summed E-state index contributed by atoms with van der Waals surface area (Å²) in [7, 11) is 0. The quantitative estimate of drug-likeness (QED) is 0.177. The number of carbonyl (C=O) groups excluding carboxylic acids is 1. The van der Waals surface area contributed by atoms with Gasteiger partial charge < -0.3 is 4.74 Å². The van der Waals surface area contributed by atoms with Gasteiger partial charge >= 0.3 is 0 Å². The zero-order valence-electron chi connectivity index (χ0n) is 20.2. The molecule has 5 rings (SSSR count). The van der Waals surface area contributed by atoms with Crippen molar-refractivity contribution in [3.8, 4) is 0 Å². The van der Waals surface area contributed by atoms with Crippen LogP contribution in [-0.2, 0) is 24.3 Å². The van der Waals surface area contributed by atoms with Gasteiger partial charge in [0.1, 0.15) is 0 Å². The van der Waals surface area contributed by atoms with Crippen molar-refractivity contribution >= 4 is 40.2 Å². The Morgan fingerprint density at radius 2 is 1.89 bits per heavy atom. The lowest BCUT2D eigenvalue weighted by atomic mass is 9.91. The number of pyridine rings is 1. The van der Waals surface area contributed by atoms with Crippen LogP contribution in [0.25, 0.3) is 11.0 Å². The van der Waals surface area contributed by atoms with E-state index in [0.29, 0.717) is 46.3 Å². The van der Waals surface area contributed by atoms with Gasteiger partial charge in [-0.2, -0.15) is 0 Å². The Morgan fingerprint density at radius 1 is 1.14 bits per heavy atom. The van der Waals surface area contributed by atoms with Crippen molar-refractivity contribution in [1.29, 1.82) is 0 Å². The monoisotopic (exact) mass is 519 g/mol. The maximum absolute atomic E-state index is 13.7. The molecule has 6 nitrogen and oxygen atoms in total. The molecule has 0 spiro atoms. The van der Waals surface area contributed by atoms with Crippen molar-refractivity contribution in [3.63, 3.8) is 0 Å². The SMILES string of the molecule is CC[C@]1(C)Cc2nc3nc(SCC(=O)c4ccc(Cl)cc4)n(Cc4ccccc4)c(=O)c3cc2CO1. The molecule has 1 aliphatic heterocycles. The first-order valence-corrected chi connectivity index (χ1v) is 13.2. The molecule has 0 bridgehead atoms. The maximum atomic E-state index is 13.7. The Balaban J connectivity index is 1.55. The average molecular weight is 520 g/mol. The first kappa shape index (κ1) is 24.7. The number of ether oxygens (including phenoxy) is 1. The van der Waals surface area contributed by atoms with Gasteiger partial charge in [-0.15, -0.1) is 0 Å². The summed E-state index contributed by atoms with van der Waals surface area (Å²) in [5, 5.41) is 1.50. The number of aromatic nitrogens is 3. The molecular formula is C28H26ClN3O3S. The van der Waals surface area contributed by atoms with Crippen molar-refractivity contribution in [2.45, 2.75) is 50.6 Å². The zero-order chi connectivity index (χ0) is 25.3. The number of halogens is 1. The highest BCUT2D eigenvalue weighted by Crippen LogP contribution is 2.31. The molecule has 184 valence electrons. The summed E-state index contributed by atoms with van der Waals surface area (Å²) in [5.74, 6) is 0.0765.